The van der Waals surface area contributed by atoms with Crippen LogP contribution in [-0.4, -0.2) is 6.61 Å². The fraction of sp³-hybridized carbons (Fsp3) is 0.500. The first kappa shape index (κ1) is 4.09. The third-order valence-electron chi connectivity index (χ3n) is 0.541. The summed E-state index contributed by atoms with van der Waals surface area (Å²) in [4.78, 5) is 4.65. The van der Waals surface area contributed by atoms with Gasteiger partial charge >= 0.3 is 0 Å². The van der Waals surface area contributed by atoms with Gasteiger partial charge in [0.05, 0.1) is 13.2 Å². The van der Waals surface area contributed by atoms with Crippen molar-refractivity contribution in [1.29, 1.82) is 0 Å². The van der Waals surface area contributed by atoms with E-state index in [1.807, 2.05) is 0 Å². The molecule has 1 saturated heterocycles. The highest BCUT2D eigenvalue weighted by Gasteiger charge is 1.96. The number of rotatable bonds is 0. The van der Waals surface area contributed by atoms with Crippen LogP contribution in [0.4, 0.5) is 0 Å². The monoisotopic (exact) mass is 83.0 g/mol. The van der Waals surface area contributed by atoms with Crippen LogP contribution in [0.2, 0.25) is 0 Å². The fourth-order valence-electron chi connectivity index (χ4n) is 0.288. The largest absolute Gasteiger partial charge is 0.301 e. The third-order valence-corrected chi connectivity index (χ3v) is 0.541. The minimum atomic E-state index is 0.715. The highest BCUT2D eigenvalue weighted by atomic mass is 16.6. The van der Waals surface area contributed by atoms with E-state index in [-0.39, 0.29) is 0 Å². The topological polar surface area (TPSA) is 21.3 Å². The molecule has 0 aromatic rings. The maximum atomic E-state index is 4.65. The van der Waals surface area contributed by atoms with Crippen molar-refractivity contribution in [2.45, 2.75) is 6.42 Å². The predicted molar refractivity (Wildman–Crippen MR) is 20.2 cm³/mol. The summed E-state index contributed by atoms with van der Waals surface area (Å²) in [6.45, 7) is 3.28. The molecule has 0 aromatic carbocycles. The molecule has 6 heavy (non-hydrogen) atoms. The molecule has 0 bridgehead atoms. The van der Waals surface area contributed by atoms with E-state index in [9.17, 15) is 0 Å². The van der Waals surface area contributed by atoms with E-state index < -0.39 is 0 Å². The standard InChI is InChI=1S/C4H5NO/c1-2-4-6-5-3-1/h5H,2,4H2. The van der Waals surface area contributed by atoms with Gasteiger partial charge in [-0.25, -0.2) is 0 Å². The smallest absolute Gasteiger partial charge is 0.0959 e. The molecule has 1 aliphatic heterocycles. The van der Waals surface area contributed by atoms with Crippen LogP contribution in [0, 0.1) is 13.0 Å². The summed E-state index contributed by atoms with van der Waals surface area (Å²) in [7, 11) is 0. The van der Waals surface area contributed by atoms with Crippen molar-refractivity contribution in [2.75, 3.05) is 6.61 Å². The number of hydrogen-bond donors (Lipinski definition) is 1. The lowest BCUT2D eigenvalue weighted by Gasteiger charge is -2.07. The zero-order valence-electron chi connectivity index (χ0n) is 3.32. The minimum Gasteiger partial charge on any atom is -0.301 e. The van der Waals surface area contributed by atoms with Gasteiger partial charge in [-0.2, -0.15) is 5.48 Å². The third kappa shape index (κ3) is 0.954. The molecule has 0 amide bonds. The van der Waals surface area contributed by atoms with Gasteiger partial charge in [0.2, 0.25) is 0 Å². The van der Waals surface area contributed by atoms with Gasteiger partial charge < -0.3 is 4.84 Å². The van der Waals surface area contributed by atoms with Crippen molar-refractivity contribution in [3.63, 3.8) is 0 Å². The van der Waals surface area contributed by atoms with Crippen LogP contribution in [-0.2, 0) is 4.84 Å². The van der Waals surface area contributed by atoms with Crippen LogP contribution in [0.15, 0.2) is 0 Å². The van der Waals surface area contributed by atoms with E-state index >= 15 is 0 Å². The van der Waals surface area contributed by atoms with Crippen LogP contribution in [0.1, 0.15) is 6.42 Å². The summed E-state index contributed by atoms with van der Waals surface area (Å²) in [6, 6.07) is 0. The van der Waals surface area contributed by atoms with Gasteiger partial charge in [0.1, 0.15) is 0 Å². The van der Waals surface area contributed by atoms with E-state index in [0.717, 1.165) is 6.42 Å². The maximum absolute atomic E-state index is 4.65. The Kier molecular flexibility index (Phi) is 1.47. The van der Waals surface area contributed by atoms with E-state index in [0.29, 0.717) is 6.61 Å². The SMILES string of the molecule is [C]1[C]NOCC1. The van der Waals surface area contributed by atoms with E-state index in [1.165, 1.54) is 0 Å². The average Bonchev–Trinajstić information content (AvgIpc) is 1.72. The van der Waals surface area contributed by atoms with Gasteiger partial charge in [0.25, 0.3) is 0 Å². The zero-order valence-corrected chi connectivity index (χ0v) is 3.32. The van der Waals surface area contributed by atoms with Gasteiger partial charge in [-0.3, -0.25) is 0 Å². The summed E-state index contributed by atoms with van der Waals surface area (Å²) in [5.74, 6) is 0. The van der Waals surface area contributed by atoms with Gasteiger partial charge in [-0.05, 0) is 6.42 Å². The Hall–Kier alpha value is -0.0800. The molecule has 1 heterocycles. The highest BCUT2D eigenvalue weighted by molar-refractivity contribution is 4.80. The average molecular weight is 83.1 g/mol. The number of hydroxylamine groups is 1. The van der Waals surface area contributed by atoms with E-state index in [4.69, 9.17) is 0 Å². The second kappa shape index (κ2) is 2.16. The maximum Gasteiger partial charge on any atom is 0.0959 e. The van der Waals surface area contributed by atoms with Crippen molar-refractivity contribution in [3.8, 4) is 0 Å². The number of hydrogen-bond acceptors (Lipinski definition) is 2. The summed E-state index contributed by atoms with van der Waals surface area (Å²) < 4.78 is 0. The summed E-state index contributed by atoms with van der Waals surface area (Å²) >= 11 is 0. The first-order valence-electron chi connectivity index (χ1n) is 1.85. The quantitative estimate of drug-likeness (QED) is 0.446. The summed E-state index contributed by atoms with van der Waals surface area (Å²) in [5.41, 5.74) is 2.42. The predicted octanol–water partition coefficient (Wildman–Crippen LogP) is 0.0314. The molecule has 32 valence electrons. The Morgan fingerprint density at radius 2 is 2.67 bits per heavy atom. The van der Waals surface area contributed by atoms with Crippen molar-refractivity contribution in [3.05, 3.63) is 13.0 Å². The molecule has 1 fully saturated rings. The molecule has 1 aliphatic rings. The lowest BCUT2D eigenvalue weighted by molar-refractivity contribution is 0.0473. The molecular weight excluding hydrogens is 78.0 g/mol. The van der Waals surface area contributed by atoms with Gasteiger partial charge in [0, 0.05) is 6.42 Å². The molecule has 2 nitrogen and oxygen atoms in total. The van der Waals surface area contributed by atoms with Crippen molar-refractivity contribution < 1.29 is 4.84 Å². The first-order valence-corrected chi connectivity index (χ1v) is 1.85. The van der Waals surface area contributed by atoms with Crippen LogP contribution in [0.5, 0.6) is 0 Å². The van der Waals surface area contributed by atoms with Crippen LogP contribution in [0.25, 0.3) is 0 Å². The van der Waals surface area contributed by atoms with E-state index in [2.05, 4.69) is 23.3 Å². The van der Waals surface area contributed by atoms with Crippen molar-refractivity contribution in [2.24, 2.45) is 0 Å². The number of nitrogens with one attached hydrogen (secondary N) is 1. The molecule has 0 aliphatic carbocycles. The molecule has 1 rings (SSSR count). The van der Waals surface area contributed by atoms with Crippen LogP contribution < -0.4 is 5.48 Å². The van der Waals surface area contributed by atoms with Crippen molar-refractivity contribution in [1.82, 2.24) is 5.48 Å². The second-order valence-corrected chi connectivity index (χ2v) is 1.00. The molecule has 0 saturated carbocycles. The molecule has 0 atom stereocenters. The zero-order chi connectivity index (χ0) is 4.24. The lowest BCUT2D eigenvalue weighted by atomic mass is 10.3. The molecule has 0 unspecified atom stereocenters. The minimum absolute atomic E-state index is 0.715. The normalized spacial score (nSPS) is 24.0. The second-order valence-electron chi connectivity index (χ2n) is 1.00. The molecular formula is C4H5NO. The highest BCUT2D eigenvalue weighted by Crippen LogP contribution is 1.94. The first-order chi connectivity index (χ1) is 3.00. The van der Waals surface area contributed by atoms with Crippen molar-refractivity contribution >= 4 is 0 Å². The molecule has 1 N–H and O–H groups in total. The van der Waals surface area contributed by atoms with Gasteiger partial charge in [-0.15, -0.1) is 0 Å². The van der Waals surface area contributed by atoms with E-state index in [1.54, 1.807) is 0 Å². The fourth-order valence-corrected chi connectivity index (χ4v) is 0.288. The lowest BCUT2D eigenvalue weighted by Crippen LogP contribution is -2.17. The molecule has 2 heteroatoms. The Morgan fingerprint density at radius 3 is 2.83 bits per heavy atom. The Bertz CT molecular complexity index is 23.0. The summed E-state index contributed by atoms with van der Waals surface area (Å²) in [6.07, 6.45) is 3.65. The van der Waals surface area contributed by atoms with Crippen LogP contribution in [0.3, 0.4) is 0 Å². The van der Waals surface area contributed by atoms with Crippen LogP contribution >= 0.6 is 0 Å². The van der Waals surface area contributed by atoms with Gasteiger partial charge in [-0.1, -0.05) is 0 Å². The Balaban J connectivity index is 2.00. The molecule has 0 spiro atoms. The Labute approximate surface area is 37.4 Å². The molecule has 4 radical (unpaired) electrons. The van der Waals surface area contributed by atoms with Gasteiger partial charge in [0.15, 0.2) is 0 Å². The molecule has 0 aromatic heterocycles. The summed E-state index contributed by atoms with van der Waals surface area (Å²) in [5, 5.41) is 0. The Morgan fingerprint density at radius 1 is 1.67 bits per heavy atom.